The summed E-state index contributed by atoms with van der Waals surface area (Å²) in [4.78, 5) is 18.3. The molecule has 1 aliphatic rings. The van der Waals surface area contributed by atoms with Gasteiger partial charge in [-0.3, -0.25) is 9.78 Å². The zero-order valence-corrected chi connectivity index (χ0v) is 12.2. The van der Waals surface area contributed by atoms with Crippen molar-refractivity contribution < 1.29 is 14.6 Å². The molecule has 0 bridgehead atoms. The van der Waals surface area contributed by atoms with Crippen LogP contribution in [0.3, 0.4) is 0 Å². The second-order valence-electron chi connectivity index (χ2n) is 5.10. The summed E-state index contributed by atoms with van der Waals surface area (Å²) in [5.74, 6) is 6.14. The molecule has 0 aromatic carbocycles. The Morgan fingerprint density at radius 1 is 1.57 bits per heavy atom. The largest absolute Gasteiger partial charge is 0.395 e. The molecule has 1 unspecified atom stereocenters. The SMILES string of the molecule is COCC1CCN(C(=O)c2cncc(C#CCCO)c2)C1. The third kappa shape index (κ3) is 4.28. The zero-order chi connectivity index (χ0) is 15.1. The Morgan fingerprint density at radius 3 is 3.19 bits per heavy atom. The quantitative estimate of drug-likeness (QED) is 0.837. The lowest BCUT2D eigenvalue weighted by Gasteiger charge is -2.16. The van der Waals surface area contributed by atoms with Crippen LogP contribution in [0.25, 0.3) is 0 Å². The van der Waals surface area contributed by atoms with Crippen molar-refractivity contribution in [1.82, 2.24) is 9.88 Å². The molecule has 1 aromatic rings. The first-order valence-electron chi connectivity index (χ1n) is 7.07. The third-order valence-electron chi connectivity index (χ3n) is 3.43. The van der Waals surface area contributed by atoms with Crippen LogP contribution in [-0.2, 0) is 4.74 Å². The number of hydrogen-bond acceptors (Lipinski definition) is 4. The minimum absolute atomic E-state index is 0.00749. The summed E-state index contributed by atoms with van der Waals surface area (Å²) in [6, 6.07) is 1.75. The van der Waals surface area contributed by atoms with E-state index in [1.165, 1.54) is 0 Å². The Balaban J connectivity index is 2.03. The summed E-state index contributed by atoms with van der Waals surface area (Å²) in [7, 11) is 1.68. The van der Waals surface area contributed by atoms with Gasteiger partial charge in [-0.1, -0.05) is 11.8 Å². The fourth-order valence-electron chi connectivity index (χ4n) is 2.42. The van der Waals surface area contributed by atoms with Crippen LogP contribution in [0.2, 0.25) is 0 Å². The Morgan fingerprint density at radius 2 is 2.43 bits per heavy atom. The number of amides is 1. The van der Waals surface area contributed by atoms with Crippen LogP contribution in [-0.4, -0.2) is 54.3 Å². The fraction of sp³-hybridized carbons (Fsp3) is 0.500. The van der Waals surface area contributed by atoms with Crippen molar-refractivity contribution in [2.24, 2.45) is 5.92 Å². The molecule has 1 aromatic heterocycles. The summed E-state index contributed by atoms with van der Waals surface area (Å²) >= 11 is 0. The van der Waals surface area contributed by atoms with Gasteiger partial charge in [0.1, 0.15) is 0 Å². The van der Waals surface area contributed by atoms with Gasteiger partial charge in [-0.15, -0.1) is 0 Å². The lowest BCUT2D eigenvalue weighted by Crippen LogP contribution is -2.29. The van der Waals surface area contributed by atoms with Crippen LogP contribution < -0.4 is 0 Å². The van der Waals surface area contributed by atoms with Crippen LogP contribution in [0.15, 0.2) is 18.5 Å². The maximum atomic E-state index is 12.4. The zero-order valence-electron chi connectivity index (χ0n) is 12.2. The number of hydrogen-bond donors (Lipinski definition) is 1. The molecule has 0 radical (unpaired) electrons. The molecule has 21 heavy (non-hydrogen) atoms. The van der Waals surface area contributed by atoms with Crippen molar-refractivity contribution >= 4 is 5.91 Å². The topological polar surface area (TPSA) is 62.7 Å². The van der Waals surface area contributed by atoms with E-state index in [0.29, 0.717) is 30.1 Å². The lowest BCUT2D eigenvalue weighted by molar-refractivity contribution is 0.0775. The molecular weight excluding hydrogens is 268 g/mol. The standard InChI is InChI=1S/C16H20N2O3/c1-21-12-14-5-6-18(11-14)16(20)15-8-13(9-17-10-15)4-2-3-7-19/h8-10,14,19H,3,5-7,11-12H2,1H3. The van der Waals surface area contributed by atoms with Gasteiger partial charge in [0.05, 0.1) is 18.8 Å². The molecule has 2 heterocycles. The Bertz CT molecular complexity index is 548. The van der Waals surface area contributed by atoms with E-state index in [9.17, 15) is 4.79 Å². The number of pyridine rings is 1. The third-order valence-corrected chi connectivity index (χ3v) is 3.43. The van der Waals surface area contributed by atoms with Gasteiger partial charge >= 0.3 is 0 Å². The molecule has 1 aliphatic heterocycles. The van der Waals surface area contributed by atoms with Crippen LogP contribution in [0.4, 0.5) is 0 Å². The van der Waals surface area contributed by atoms with E-state index in [0.717, 1.165) is 19.5 Å². The molecule has 0 aliphatic carbocycles. The van der Waals surface area contributed by atoms with Crippen molar-refractivity contribution in [3.8, 4) is 11.8 Å². The number of likely N-dealkylation sites (tertiary alicyclic amines) is 1. The number of carbonyl (C=O) groups excluding carboxylic acids is 1. The predicted octanol–water partition coefficient (Wildman–Crippen LogP) is 0.924. The summed E-state index contributed by atoms with van der Waals surface area (Å²) in [6.45, 7) is 2.21. The lowest BCUT2D eigenvalue weighted by atomic mass is 10.1. The highest BCUT2D eigenvalue weighted by Crippen LogP contribution is 2.19. The van der Waals surface area contributed by atoms with E-state index in [4.69, 9.17) is 9.84 Å². The molecular formula is C16H20N2O3. The number of nitrogens with zero attached hydrogens (tertiary/aromatic N) is 2. The fourth-order valence-corrected chi connectivity index (χ4v) is 2.42. The summed E-state index contributed by atoms with van der Waals surface area (Å²) < 4.78 is 5.14. The van der Waals surface area contributed by atoms with Crippen molar-refractivity contribution in [3.05, 3.63) is 29.6 Å². The monoisotopic (exact) mass is 288 g/mol. The van der Waals surface area contributed by atoms with E-state index in [1.54, 1.807) is 25.6 Å². The first-order chi connectivity index (χ1) is 10.2. The molecule has 1 saturated heterocycles. The van der Waals surface area contributed by atoms with Gasteiger partial charge in [0, 0.05) is 50.5 Å². The minimum Gasteiger partial charge on any atom is -0.395 e. The number of aromatic nitrogens is 1. The average molecular weight is 288 g/mol. The minimum atomic E-state index is -0.00749. The predicted molar refractivity (Wildman–Crippen MR) is 78.7 cm³/mol. The molecule has 112 valence electrons. The van der Waals surface area contributed by atoms with Crippen molar-refractivity contribution in [1.29, 1.82) is 0 Å². The highest BCUT2D eigenvalue weighted by molar-refractivity contribution is 5.94. The normalized spacial score (nSPS) is 17.4. The number of methoxy groups -OCH3 is 1. The highest BCUT2D eigenvalue weighted by atomic mass is 16.5. The van der Waals surface area contributed by atoms with E-state index < -0.39 is 0 Å². The average Bonchev–Trinajstić information content (AvgIpc) is 2.96. The molecule has 1 amide bonds. The maximum Gasteiger partial charge on any atom is 0.255 e. The van der Waals surface area contributed by atoms with Crippen molar-refractivity contribution in [2.75, 3.05) is 33.4 Å². The van der Waals surface area contributed by atoms with Gasteiger partial charge in [0.15, 0.2) is 0 Å². The number of aliphatic hydroxyl groups is 1. The molecule has 1 fully saturated rings. The van der Waals surface area contributed by atoms with Crippen LogP contribution in [0.5, 0.6) is 0 Å². The van der Waals surface area contributed by atoms with Gasteiger partial charge < -0.3 is 14.7 Å². The number of carbonyl (C=O) groups is 1. The van der Waals surface area contributed by atoms with Crippen LogP contribution in [0, 0.1) is 17.8 Å². The van der Waals surface area contributed by atoms with E-state index >= 15 is 0 Å². The Labute approximate surface area is 124 Å². The maximum absolute atomic E-state index is 12.4. The van der Waals surface area contributed by atoms with Crippen LogP contribution in [0.1, 0.15) is 28.8 Å². The molecule has 0 saturated carbocycles. The van der Waals surface area contributed by atoms with Gasteiger partial charge in [0.25, 0.3) is 5.91 Å². The second-order valence-corrected chi connectivity index (χ2v) is 5.10. The van der Waals surface area contributed by atoms with Gasteiger partial charge in [-0.25, -0.2) is 0 Å². The second kappa shape index (κ2) is 7.77. The molecule has 2 rings (SSSR count). The molecule has 5 nitrogen and oxygen atoms in total. The number of rotatable bonds is 4. The highest BCUT2D eigenvalue weighted by Gasteiger charge is 2.26. The Kier molecular flexibility index (Phi) is 5.73. The molecule has 1 N–H and O–H groups in total. The van der Waals surface area contributed by atoms with E-state index in [2.05, 4.69) is 16.8 Å². The summed E-state index contributed by atoms with van der Waals surface area (Å²) in [6.07, 6.45) is 4.59. The first-order valence-corrected chi connectivity index (χ1v) is 7.07. The van der Waals surface area contributed by atoms with E-state index in [1.807, 2.05) is 4.90 Å². The molecule has 0 spiro atoms. The summed E-state index contributed by atoms with van der Waals surface area (Å²) in [5, 5.41) is 8.71. The summed E-state index contributed by atoms with van der Waals surface area (Å²) in [5.41, 5.74) is 1.26. The van der Waals surface area contributed by atoms with Gasteiger partial charge in [0.2, 0.25) is 0 Å². The molecule has 5 heteroatoms. The van der Waals surface area contributed by atoms with Crippen molar-refractivity contribution in [3.63, 3.8) is 0 Å². The number of ether oxygens (including phenoxy) is 1. The Hall–Kier alpha value is -1.90. The van der Waals surface area contributed by atoms with Gasteiger partial charge in [-0.05, 0) is 12.5 Å². The van der Waals surface area contributed by atoms with Crippen LogP contribution >= 0.6 is 0 Å². The smallest absolute Gasteiger partial charge is 0.255 e. The first kappa shape index (κ1) is 15.5. The van der Waals surface area contributed by atoms with Crippen molar-refractivity contribution in [2.45, 2.75) is 12.8 Å². The van der Waals surface area contributed by atoms with E-state index in [-0.39, 0.29) is 12.5 Å². The van der Waals surface area contributed by atoms with Gasteiger partial charge in [-0.2, -0.15) is 0 Å². The number of aliphatic hydroxyl groups excluding tert-OH is 1. The molecule has 1 atom stereocenters.